The summed E-state index contributed by atoms with van der Waals surface area (Å²) in [5, 5.41) is 3.00. The lowest BCUT2D eigenvalue weighted by molar-refractivity contribution is 0.0696. The molecule has 1 fully saturated rings. The van der Waals surface area contributed by atoms with Gasteiger partial charge < -0.3 is 10.1 Å². The van der Waals surface area contributed by atoms with E-state index in [1.165, 1.54) is 6.07 Å². The maximum Gasteiger partial charge on any atom is 0.251 e. The van der Waals surface area contributed by atoms with Crippen molar-refractivity contribution in [1.29, 1.82) is 0 Å². The molecule has 1 aromatic carbocycles. The molecule has 1 aliphatic rings. The Kier molecular flexibility index (Phi) is 4.44. The zero-order chi connectivity index (χ0) is 15.4. The van der Waals surface area contributed by atoms with Crippen molar-refractivity contribution in [1.82, 2.24) is 10.3 Å². The Morgan fingerprint density at radius 3 is 2.59 bits per heavy atom. The summed E-state index contributed by atoms with van der Waals surface area (Å²) in [6.45, 7) is 1.37. The van der Waals surface area contributed by atoms with Gasteiger partial charge in [-0.15, -0.1) is 0 Å². The third kappa shape index (κ3) is 3.31. The number of carbonyl (C=O) groups is 1. The third-order valence-electron chi connectivity index (χ3n) is 3.74. The summed E-state index contributed by atoms with van der Waals surface area (Å²) in [7, 11) is 0. The second kappa shape index (κ2) is 6.66. The maximum absolute atomic E-state index is 13.7. The third-order valence-corrected chi connectivity index (χ3v) is 3.74. The van der Waals surface area contributed by atoms with E-state index in [2.05, 4.69) is 10.3 Å². The number of pyridine rings is 1. The fourth-order valence-corrected chi connectivity index (χ4v) is 2.49. The standard InChI is InChI=1S/C17H17FN2O2/c18-15-2-1-9-19-16(15)12-3-5-13(6-4-12)17(21)20-14-7-10-22-11-8-14/h1-6,9,14H,7-8,10-11H2,(H,20,21). The van der Waals surface area contributed by atoms with Crippen molar-refractivity contribution in [3.63, 3.8) is 0 Å². The smallest absolute Gasteiger partial charge is 0.251 e. The number of amides is 1. The Labute approximate surface area is 128 Å². The Balaban J connectivity index is 1.71. The van der Waals surface area contributed by atoms with Crippen LogP contribution in [0.2, 0.25) is 0 Å². The van der Waals surface area contributed by atoms with Gasteiger partial charge in [-0.25, -0.2) is 4.39 Å². The lowest BCUT2D eigenvalue weighted by Crippen LogP contribution is -2.38. The first kappa shape index (κ1) is 14.7. The Morgan fingerprint density at radius 2 is 1.91 bits per heavy atom. The van der Waals surface area contributed by atoms with E-state index in [1.54, 1.807) is 36.5 Å². The molecule has 3 rings (SSSR count). The molecule has 1 aliphatic heterocycles. The second-order valence-corrected chi connectivity index (χ2v) is 5.27. The average molecular weight is 300 g/mol. The molecule has 0 radical (unpaired) electrons. The Hall–Kier alpha value is -2.27. The maximum atomic E-state index is 13.7. The molecule has 1 aromatic heterocycles. The van der Waals surface area contributed by atoms with E-state index in [9.17, 15) is 9.18 Å². The molecule has 0 saturated carbocycles. The molecule has 0 unspecified atom stereocenters. The number of ether oxygens (including phenoxy) is 1. The summed E-state index contributed by atoms with van der Waals surface area (Å²) in [6.07, 6.45) is 3.22. The van der Waals surface area contributed by atoms with Crippen LogP contribution in [0.15, 0.2) is 42.6 Å². The zero-order valence-electron chi connectivity index (χ0n) is 12.1. The fourth-order valence-electron chi connectivity index (χ4n) is 2.49. The highest BCUT2D eigenvalue weighted by Gasteiger charge is 2.17. The molecule has 0 aliphatic carbocycles. The molecule has 4 nitrogen and oxygen atoms in total. The molecule has 22 heavy (non-hydrogen) atoms. The van der Waals surface area contributed by atoms with E-state index in [0.29, 0.717) is 30.0 Å². The molecule has 0 atom stereocenters. The van der Waals surface area contributed by atoms with Gasteiger partial charge >= 0.3 is 0 Å². The van der Waals surface area contributed by atoms with Gasteiger partial charge in [-0.05, 0) is 37.1 Å². The summed E-state index contributed by atoms with van der Waals surface area (Å²) in [5.41, 5.74) is 1.51. The van der Waals surface area contributed by atoms with Gasteiger partial charge in [-0.1, -0.05) is 12.1 Å². The van der Waals surface area contributed by atoms with Crippen LogP contribution in [0.25, 0.3) is 11.3 Å². The molecular weight excluding hydrogens is 283 g/mol. The molecule has 5 heteroatoms. The van der Waals surface area contributed by atoms with Crippen LogP contribution in [0, 0.1) is 5.82 Å². The number of hydrogen-bond donors (Lipinski definition) is 1. The van der Waals surface area contributed by atoms with Crippen molar-refractivity contribution in [2.45, 2.75) is 18.9 Å². The fraction of sp³-hybridized carbons (Fsp3) is 0.294. The number of halogens is 1. The number of nitrogens with zero attached hydrogens (tertiary/aromatic N) is 1. The first-order valence-corrected chi connectivity index (χ1v) is 7.33. The lowest BCUT2D eigenvalue weighted by atomic mass is 10.1. The monoisotopic (exact) mass is 300 g/mol. The van der Waals surface area contributed by atoms with Crippen LogP contribution in [0.4, 0.5) is 4.39 Å². The predicted molar refractivity (Wildman–Crippen MR) is 80.9 cm³/mol. The van der Waals surface area contributed by atoms with Crippen LogP contribution in [-0.2, 0) is 4.74 Å². The lowest BCUT2D eigenvalue weighted by Gasteiger charge is -2.23. The number of carbonyl (C=O) groups excluding carboxylic acids is 1. The van der Waals surface area contributed by atoms with E-state index in [4.69, 9.17) is 4.74 Å². The van der Waals surface area contributed by atoms with Crippen molar-refractivity contribution in [2.24, 2.45) is 0 Å². The number of rotatable bonds is 3. The van der Waals surface area contributed by atoms with Crippen LogP contribution < -0.4 is 5.32 Å². The van der Waals surface area contributed by atoms with Gasteiger partial charge in [0.25, 0.3) is 5.91 Å². The van der Waals surface area contributed by atoms with E-state index in [0.717, 1.165) is 12.8 Å². The van der Waals surface area contributed by atoms with Gasteiger partial charge in [0.2, 0.25) is 0 Å². The summed E-state index contributed by atoms with van der Waals surface area (Å²) in [6, 6.07) is 9.89. The summed E-state index contributed by atoms with van der Waals surface area (Å²) >= 11 is 0. The van der Waals surface area contributed by atoms with Crippen molar-refractivity contribution >= 4 is 5.91 Å². The Bertz CT molecular complexity index is 652. The summed E-state index contributed by atoms with van der Waals surface area (Å²) in [5.74, 6) is -0.484. The van der Waals surface area contributed by atoms with Gasteiger partial charge in [-0.2, -0.15) is 0 Å². The number of nitrogens with one attached hydrogen (secondary N) is 1. The SMILES string of the molecule is O=C(NC1CCOCC1)c1ccc(-c2ncccc2F)cc1. The minimum atomic E-state index is -0.373. The molecule has 1 saturated heterocycles. The Morgan fingerprint density at radius 1 is 1.18 bits per heavy atom. The molecule has 0 spiro atoms. The van der Waals surface area contributed by atoms with Crippen molar-refractivity contribution in [3.05, 3.63) is 54.0 Å². The molecule has 114 valence electrons. The second-order valence-electron chi connectivity index (χ2n) is 5.27. The number of hydrogen-bond acceptors (Lipinski definition) is 3. The van der Waals surface area contributed by atoms with Crippen LogP contribution in [-0.4, -0.2) is 30.1 Å². The molecule has 2 aromatic rings. The van der Waals surface area contributed by atoms with E-state index >= 15 is 0 Å². The highest BCUT2D eigenvalue weighted by molar-refractivity contribution is 5.94. The van der Waals surface area contributed by atoms with Gasteiger partial charge in [0.15, 0.2) is 0 Å². The van der Waals surface area contributed by atoms with Crippen molar-refractivity contribution in [2.75, 3.05) is 13.2 Å². The number of aromatic nitrogens is 1. The summed E-state index contributed by atoms with van der Waals surface area (Å²) in [4.78, 5) is 16.2. The molecule has 1 amide bonds. The molecule has 0 bridgehead atoms. The molecule has 2 heterocycles. The largest absolute Gasteiger partial charge is 0.381 e. The van der Waals surface area contributed by atoms with Gasteiger partial charge in [-0.3, -0.25) is 9.78 Å². The first-order valence-electron chi connectivity index (χ1n) is 7.33. The minimum absolute atomic E-state index is 0.111. The van der Waals surface area contributed by atoms with E-state index in [-0.39, 0.29) is 17.8 Å². The average Bonchev–Trinajstić information content (AvgIpc) is 2.56. The number of benzene rings is 1. The minimum Gasteiger partial charge on any atom is -0.381 e. The van der Waals surface area contributed by atoms with Gasteiger partial charge in [0.1, 0.15) is 11.5 Å². The van der Waals surface area contributed by atoms with Gasteiger partial charge in [0.05, 0.1) is 0 Å². The highest BCUT2D eigenvalue weighted by Crippen LogP contribution is 2.20. The quantitative estimate of drug-likeness (QED) is 0.948. The predicted octanol–water partition coefficient (Wildman–Crippen LogP) is 2.80. The summed E-state index contributed by atoms with van der Waals surface area (Å²) < 4.78 is 19.0. The molecular formula is C17H17FN2O2. The van der Waals surface area contributed by atoms with Gasteiger partial charge in [0, 0.05) is 36.6 Å². The molecule has 1 N–H and O–H groups in total. The van der Waals surface area contributed by atoms with Crippen LogP contribution in [0.3, 0.4) is 0 Å². The normalized spacial score (nSPS) is 15.5. The van der Waals surface area contributed by atoms with Crippen LogP contribution in [0.5, 0.6) is 0 Å². The van der Waals surface area contributed by atoms with Crippen molar-refractivity contribution < 1.29 is 13.9 Å². The van der Waals surface area contributed by atoms with Crippen LogP contribution in [0.1, 0.15) is 23.2 Å². The van der Waals surface area contributed by atoms with E-state index in [1.807, 2.05) is 0 Å². The topological polar surface area (TPSA) is 51.2 Å². The highest BCUT2D eigenvalue weighted by atomic mass is 19.1. The van der Waals surface area contributed by atoms with Crippen molar-refractivity contribution in [3.8, 4) is 11.3 Å². The van der Waals surface area contributed by atoms with E-state index < -0.39 is 0 Å². The zero-order valence-corrected chi connectivity index (χ0v) is 12.1. The van der Waals surface area contributed by atoms with Crippen LogP contribution >= 0.6 is 0 Å². The first-order chi connectivity index (χ1) is 10.7.